The topological polar surface area (TPSA) is 86.5 Å². The predicted octanol–water partition coefficient (Wildman–Crippen LogP) is 0.371. The Hall–Kier alpha value is -2.11. The lowest BCUT2D eigenvalue weighted by molar-refractivity contribution is 0.0951. The summed E-state index contributed by atoms with van der Waals surface area (Å²) in [5, 5.41) is 15.7. The highest BCUT2D eigenvalue weighted by Gasteiger charge is 2.07. The first-order valence-corrected chi connectivity index (χ1v) is 4.53. The van der Waals surface area contributed by atoms with Gasteiger partial charge in [-0.2, -0.15) is 10.2 Å². The molecule has 6 nitrogen and oxygen atoms in total. The second-order valence-electron chi connectivity index (χ2n) is 3.19. The highest BCUT2D eigenvalue weighted by Crippen LogP contribution is 2.02. The maximum Gasteiger partial charge on any atom is 0.254 e. The molecule has 15 heavy (non-hydrogen) atoms. The number of nitrogens with one attached hydrogen (secondary N) is 3. The Balaban J connectivity index is 1.95. The first-order chi connectivity index (χ1) is 7.27. The molecule has 0 aliphatic rings. The molecule has 0 saturated carbocycles. The van der Waals surface area contributed by atoms with Crippen molar-refractivity contribution in [2.45, 2.75) is 13.5 Å². The van der Waals surface area contributed by atoms with Crippen molar-refractivity contribution >= 4 is 5.91 Å². The maximum absolute atomic E-state index is 11.5. The van der Waals surface area contributed by atoms with Crippen molar-refractivity contribution in [2.75, 3.05) is 0 Å². The van der Waals surface area contributed by atoms with E-state index < -0.39 is 0 Å². The third-order valence-corrected chi connectivity index (χ3v) is 2.13. The number of aromatic amines is 2. The van der Waals surface area contributed by atoms with Gasteiger partial charge in [0, 0.05) is 24.0 Å². The molecule has 2 aromatic rings. The standard InChI is InChI=1S/C9H11N5O/c1-6-7(3-13-14-6)2-10-9(15)8-4-11-12-5-8/h3-5H,2H2,1H3,(H,10,15)(H,11,12)(H,13,14). The van der Waals surface area contributed by atoms with E-state index >= 15 is 0 Å². The van der Waals surface area contributed by atoms with Gasteiger partial charge in [0.05, 0.1) is 18.0 Å². The summed E-state index contributed by atoms with van der Waals surface area (Å²) >= 11 is 0. The van der Waals surface area contributed by atoms with E-state index in [0.717, 1.165) is 11.3 Å². The number of carbonyl (C=O) groups excluding carboxylic acids is 1. The number of aromatic nitrogens is 4. The lowest BCUT2D eigenvalue weighted by Gasteiger charge is -2.01. The van der Waals surface area contributed by atoms with Crippen molar-refractivity contribution in [3.8, 4) is 0 Å². The van der Waals surface area contributed by atoms with Crippen molar-refractivity contribution in [1.29, 1.82) is 0 Å². The van der Waals surface area contributed by atoms with E-state index in [0.29, 0.717) is 12.1 Å². The van der Waals surface area contributed by atoms with Gasteiger partial charge in [0.1, 0.15) is 0 Å². The van der Waals surface area contributed by atoms with Crippen molar-refractivity contribution < 1.29 is 4.79 Å². The Morgan fingerprint density at radius 3 is 2.93 bits per heavy atom. The number of rotatable bonds is 3. The van der Waals surface area contributed by atoms with Crippen LogP contribution in [-0.2, 0) is 6.54 Å². The van der Waals surface area contributed by atoms with E-state index in [2.05, 4.69) is 25.7 Å². The molecule has 0 saturated heterocycles. The molecular formula is C9H11N5O. The van der Waals surface area contributed by atoms with Crippen LogP contribution in [-0.4, -0.2) is 26.3 Å². The molecular weight excluding hydrogens is 194 g/mol. The SMILES string of the molecule is Cc1[nH]ncc1CNC(=O)c1cn[nH]c1. The molecule has 2 rings (SSSR count). The second kappa shape index (κ2) is 3.95. The molecule has 0 unspecified atom stereocenters. The fraction of sp³-hybridized carbons (Fsp3) is 0.222. The summed E-state index contributed by atoms with van der Waals surface area (Å²) in [6.45, 7) is 2.37. The molecule has 3 N–H and O–H groups in total. The van der Waals surface area contributed by atoms with Crippen molar-refractivity contribution in [3.63, 3.8) is 0 Å². The zero-order valence-electron chi connectivity index (χ0n) is 8.24. The summed E-state index contributed by atoms with van der Waals surface area (Å²) in [5.74, 6) is -0.149. The average molecular weight is 205 g/mol. The first kappa shape index (κ1) is 9.45. The summed E-state index contributed by atoms with van der Waals surface area (Å²) in [5.41, 5.74) is 2.46. The van der Waals surface area contributed by atoms with Crippen LogP contribution in [0.5, 0.6) is 0 Å². The van der Waals surface area contributed by atoms with Crippen LogP contribution in [0.15, 0.2) is 18.6 Å². The van der Waals surface area contributed by atoms with Crippen molar-refractivity contribution in [3.05, 3.63) is 35.4 Å². The molecule has 78 valence electrons. The number of amides is 1. The fourth-order valence-corrected chi connectivity index (χ4v) is 1.21. The van der Waals surface area contributed by atoms with Gasteiger partial charge in [-0.1, -0.05) is 0 Å². The highest BCUT2D eigenvalue weighted by molar-refractivity contribution is 5.93. The minimum absolute atomic E-state index is 0.149. The number of hydrogen-bond acceptors (Lipinski definition) is 3. The predicted molar refractivity (Wildman–Crippen MR) is 53.1 cm³/mol. The van der Waals surface area contributed by atoms with Gasteiger partial charge in [0.15, 0.2) is 0 Å². The Morgan fingerprint density at radius 1 is 1.47 bits per heavy atom. The minimum atomic E-state index is -0.149. The molecule has 2 aromatic heterocycles. The van der Waals surface area contributed by atoms with Gasteiger partial charge in [-0.3, -0.25) is 15.0 Å². The maximum atomic E-state index is 11.5. The Kier molecular flexibility index (Phi) is 2.49. The van der Waals surface area contributed by atoms with Crippen LogP contribution in [0.1, 0.15) is 21.6 Å². The normalized spacial score (nSPS) is 10.2. The van der Waals surface area contributed by atoms with Crippen LogP contribution in [0, 0.1) is 6.92 Å². The molecule has 0 aromatic carbocycles. The molecule has 0 aliphatic carbocycles. The van der Waals surface area contributed by atoms with E-state index in [9.17, 15) is 4.79 Å². The number of aryl methyl sites for hydroxylation is 1. The van der Waals surface area contributed by atoms with Crippen LogP contribution in [0.2, 0.25) is 0 Å². The van der Waals surface area contributed by atoms with E-state index in [-0.39, 0.29) is 5.91 Å². The smallest absolute Gasteiger partial charge is 0.254 e. The molecule has 0 aliphatic heterocycles. The van der Waals surface area contributed by atoms with Crippen LogP contribution >= 0.6 is 0 Å². The monoisotopic (exact) mass is 205 g/mol. The highest BCUT2D eigenvalue weighted by atomic mass is 16.1. The quantitative estimate of drug-likeness (QED) is 0.676. The van der Waals surface area contributed by atoms with E-state index in [1.807, 2.05) is 6.92 Å². The molecule has 0 radical (unpaired) electrons. The molecule has 0 fully saturated rings. The summed E-state index contributed by atoms with van der Waals surface area (Å²) in [4.78, 5) is 11.5. The zero-order valence-corrected chi connectivity index (χ0v) is 8.24. The zero-order chi connectivity index (χ0) is 10.7. The Labute approximate surface area is 86.1 Å². The minimum Gasteiger partial charge on any atom is -0.348 e. The van der Waals surface area contributed by atoms with Gasteiger partial charge in [-0.15, -0.1) is 0 Å². The number of H-pyrrole nitrogens is 2. The van der Waals surface area contributed by atoms with Gasteiger partial charge in [0.25, 0.3) is 5.91 Å². The summed E-state index contributed by atoms with van der Waals surface area (Å²) in [6.07, 6.45) is 4.74. The van der Waals surface area contributed by atoms with Gasteiger partial charge in [0.2, 0.25) is 0 Å². The average Bonchev–Trinajstić information content (AvgIpc) is 2.85. The fourth-order valence-electron chi connectivity index (χ4n) is 1.21. The van der Waals surface area contributed by atoms with Gasteiger partial charge < -0.3 is 5.32 Å². The van der Waals surface area contributed by atoms with Crippen molar-refractivity contribution in [1.82, 2.24) is 25.7 Å². The van der Waals surface area contributed by atoms with Crippen LogP contribution < -0.4 is 5.32 Å². The van der Waals surface area contributed by atoms with Crippen molar-refractivity contribution in [2.24, 2.45) is 0 Å². The first-order valence-electron chi connectivity index (χ1n) is 4.53. The number of hydrogen-bond donors (Lipinski definition) is 3. The molecule has 2 heterocycles. The summed E-state index contributed by atoms with van der Waals surface area (Å²) in [6, 6.07) is 0. The number of carbonyl (C=O) groups is 1. The second-order valence-corrected chi connectivity index (χ2v) is 3.19. The molecule has 1 amide bonds. The van der Waals surface area contributed by atoms with Gasteiger partial charge >= 0.3 is 0 Å². The third-order valence-electron chi connectivity index (χ3n) is 2.13. The lowest BCUT2D eigenvalue weighted by atomic mass is 10.2. The van der Waals surface area contributed by atoms with Crippen LogP contribution in [0.25, 0.3) is 0 Å². The summed E-state index contributed by atoms with van der Waals surface area (Å²) in [7, 11) is 0. The number of nitrogens with zero attached hydrogens (tertiary/aromatic N) is 2. The Morgan fingerprint density at radius 2 is 2.33 bits per heavy atom. The van der Waals surface area contributed by atoms with Gasteiger partial charge in [-0.05, 0) is 6.92 Å². The van der Waals surface area contributed by atoms with Crippen LogP contribution in [0.4, 0.5) is 0 Å². The third kappa shape index (κ3) is 2.04. The van der Waals surface area contributed by atoms with E-state index in [1.54, 1.807) is 12.4 Å². The van der Waals surface area contributed by atoms with E-state index in [1.165, 1.54) is 6.20 Å². The summed E-state index contributed by atoms with van der Waals surface area (Å²) < 4.78 is 0. The molecule has 0 atom stereocenters. The lowest BCUT2D eigenvalue weighted by Crippen LogP contribution is -2.22. The van der Waals surface area contributed by atoms with E-state index in [4.69, 9.17) is 0 Å². The molecule has 6 heteroatoms. The molecule has 0 spiro atoms. The molecule has 0 bridgehead atoms. The Bertz CT molecular complexity index is 445. The van der Waals surface area contributed by atoms with Gasteiger partial charge in [-0.25, -0.2) is 0 Å². The largest absolute Gasteiger partial charge is 0.348 e. The van der Waals surface area contributed by atoms with Crippen LogP contribution in [0.3, 0.4) is 0 Å².